The Bertz CT molecular complexity index is 1270. The van der Waals surface area contributed by atoms with Gasteiger partial charge in [-0.15, -0.1) is 16.8 Å². The lowest BCUT2D eigenvalue weighted by atomic mass is 10.2. The van der Waals surface area contributed by atoms with Crippen molar-refractivity contribution in [3.63, 3.8) is 0 Å². The number of fused-ring (bicyclic) bond motifs is 1. The van der Waals surface area contributed by atoms with Gasteiger partial charge in [0.15, 0.2) is 22.5 Å². The lowest BCUT2D eigenvalue weighted by Crippen LogP contribution is -2.12. The Labute approximate surface area is 184 Å². The highest BCUT2D eigenvalue weighted by Gasteiger charge is 2.35. The monoisotopic (exact) mass is 461 g/mol. The van der Waals surface area contributed by atoms with Crippen LogP contribution in [0, 0.1) is 5.82 Å². The third-order valence-electron chi connectivity index (χ3n) is 4.31. The maximum Gasteiger partial charge on any atom is 0.451 e. The van der Waals surface area contributed by atoms with Gasteiger partial charge in [0, 0.05) is 11.9 Å². The highest BCUT2D eigenvalue weighted by Crippen LogP contribution is 2.35. The topological polar surface area (TPSA) is 65.7 Å². The average Bonchev–Trinajstić information content (AvgIpc) is 3.14. The van der Waals surface area contributed by atoms with Gasteiger partial charge in [0.05, 0.1) is 5.52 Å². The van der Waals surface area contributed by atoms with Crippen LogP contribution in [0.2, 0.25) is 0 Å². The van der Waals surface area contributed by atoms with E-state index in [4.69, 9.17) is 4.74 Å². The minimum absolute atomic E-state index is 0.0477. The van der Waals surface area contributed by atoms with E-state index < -0.39 is 17.8 Å². The van der Waals surface area contributed by atoms with Gasteiger partial charge in [0.1, 0.15) is 11.6 Å². The van der Waals surface area contributed by atoms with Gasteiger partial charge in [-0.3, -0.25) is 4.57 Å². The van der Waals surface area contributed by atoms with Crippen molar-refractivity contribution in [3.8, 4) is 5.75 Å². The van der Waals surface area contributed by atoms with Crippen LogP contribution in [0.1, 0.15) is 11.6 Å². The van der Waals surface area contributed by atoms with Crippen LogP contribution >= 0.6 is 11.8 Å². The SMILES string of the molecule is C=CCn1c(COc2ccccc2F)nnc1Sc1nc(C(F)(F)F)nc2ccccc12. The maximum absolute atomic E-state index is 13.8. The van der Waals surface area contributed by atoms with E-state index in [2.05, 4.69) is 26.7 Å². The molecule has 4 rings (SSSR count). The number of alkyl halides is 3. The third-order valence-corrected chi connectivity index (χ3v) is 5.30. The summed E-state index contributed by atoms with van der Waals surface area (Å²) in [5.74, 6) is -1.36. The molecule has 2 aromatic carbocycles. The fourth-order valence-electron chi connectivity index (χ4n) is 2.86. The second-order valence-corrected chi connectivity index (χ2v) is 7.44. The fourth-order valence-corrected chi connectivity index (χ4v) is 3.82. The number of benzene rings is 2. The first-order valence-electron chi connectivity index (χ1n) is 9.29. The zero-order chi connectivity index (χ0) is 22.7. The van der Waals surface area contributed by atoms with Crippen LogP contribution < -0.4 is 4.74 Å². The highest BCUT2D eigenvalue weighted by molar-refractivity contribution is 7.99. The molecule has 0 radical (unpaired) electrons. The first kappa shape index (κ1) is 21.8. The normalized spacial score (nSPS) is 11.6. The Kier molecular flexibility index (Phi) is 6.08. The van der Waals surface area contributed by atoms with E-state index in [0.29, 0.717) is 11.2 Å². The van der Waals surface area contributed by atoms with Gasteiger partial charge in [-0.05, 0) is 30.0 Å². The summed E-state index contributed by atoms with van der Waals surface area (Å²) in [4.78, 5) is 7.34. The molecule has 0 N–H and O–H groups in total. The summed E-state index contributed by atoms with van der Waals surface area (Å²) < 4.78 is 60.8. The molecular weight excluding hydrogens is 446 g/mol. The zero-order valence-electron chi connectivity index (χ0n) is 16.4. The number of aromatic nitrogens is 5. The van der Waals surface area contributed by atoms with Gasteiger partial charge < -0.3 is 4.74 Å². The molecule has 164 valence electrons. The summed E-state index contributed by atoms with van der Waals surface area (Å²) in [6.07, 6.45) is -3.12. The number of halogens is 4. The number of ether oxygens (including phenoxy) is 1. The van der Waals surface area contributed by atoms with Crippen LogP contribution in [0.5, 0.6) is 5.75 Å². The zero-order valence-corrected chi connectivity index (χ0v) is 17.2. The maximum atomic E-state index is 13.8. The standard InChI is InChI=1S/C21H15F4N5OS/c1-2-11-30-17(12-31-16-10-6-4-8-14(16)22)28-29-20(30)32-18-13-7-3-5-9-15(13)26-19(27-18)21(23,24)25/h2-10H,1,11-12H2. The van der Waals surface area contributed by atoms with E-state index in [9.17, 15) is 17.6 Å². The van der Waals surface area contributed by atoms with Crippen molar-refractivity contribution in [1.29, 1.82) is 0 Å². The Morgan fingerprint density at radius 1 is 1.03 bits per heavy atom. The smallest absolute Gasteiger partial charge is 0.451 e. The van der Waals surface area contributed by atoms with Crippen molar-refractivity contribution in [1.82, 2.24) is 24.7 Å². The van der Waals surface area contributed by atoms with E-state index in [1.54, 1.807) is 41.0 Å². The molecule has 0 unspecified atom stereocenters. The van der Waals surface area contributed by atoms with E-state index in [1.807, 2.05) is 0 Å². The summed E-state index contributed by atoms with van der Waals surface area (Å²) in [7, 11) is 0. The minimum atomic E-state index is -4.70. The molecule has 32 heavy (non-hydrogen) atoms. The van der Waals surface area contributed by atoms with Crippen molar-refractivity contribution in [2.75, 3.05) is 0 Å². The third kappa shape index (κ3) is 4.57. The molecule has 4 aromatic rings. The van der Waals surface area contributed by atoms with Crippen LogP contribution in [0.4, 0.5) is 17.6 Å². The molecule has 0 bridgehead atoms. The van der Waals surface area contributed by atoms with Gasteiger partial charge in [-0.1, -0.05) is 36.4 Å². The molecule has 6 nitrogen and oxygen atoms in total. The molecular formula is C21H15F4N5OS. The quantitative estimate of drug-likeness (QED) is 0.212. The lowest BCUT2D eigenvalue weighted by molar-refractivity contribution is -0.145. The van der Waals surface area contributed by atoms with Gasteiger partial charge in [-0.2, -0.15) is 13.2 Å². The van der Waals surface area contributed by atoms with E-state index in [0.717, 1.165) is 11.8 Å². The molecule has 11 heteroatoms. The number of allylic oxidation sites excluding steroid dienone is 1. The van der Waals surface area contributed by atoms with Crippen molar-refractivity contribution >= 4 is 22.7 Å². The van der Waals surface area contributed by atoms with Crippen LogP contribution in [0.15, 0.2) is 71.4 Å². The Hall–Kier alpha value is -3.47. The number of hydrogen-bond donors (Lipinski definition) is 0. The fraction of sp³-hybridized carbons (Fsp3) is 0.143. The molecule has 0 aliphatic carbocycles. The lowest BCUT2D eigenvalue weighted by Gasteiger charge is -2.11. The molecule has 2 heterocycles. The second-order valence-electron chi connectivity index (χ2n) is 6.49. The number of rotatable bonds is 7. The molecule has 0 aliphatic heterocycles. The summed E-state index contributed by atoms with van der Waals surface area (Å²) in [6.45, 7) is 3.86. The van der Waals surface area contributed by atoms with E-state index >= 15 is 0 Å². The van der Waals surface area contributed by atoms with E-state index in [-0.39, 0.29) is 34.6 Å². The van der Waals surface area contributed by atoms with Gasteiger partial charge in [-0.25, -0.2) is 14.4 Å². The predicted molar refractivity (Wildman–Crippen MR) is 110 cm³/mol. The van der Waals surface area contributed by atoms with Crippen LogP contribution in [-0.4, -0.2) is 24.7 Å². The first-order chi connectivity index (χ1) is 15.4. The predicted octanol–water partition coefficient (Wildman–Crippen LogP) is 5.30. The van der Waals surface area contributed by atoms with Gasteiger partial charge >= 0.3 is 6.18 Å². The van der Waals surface area contributed by atoms with Crippen molar-refractivity contribution in [2.24, 2.45) is 0 Å². The minimum Gasteiger partial charge on any atom is -0.483 e. The van der Waals surface area contributed by atoms with Crippen LogP contribution in [-0.2, 0) is 19.3 Å². The molecule has 0 aliphatic rings. The molecule has 0 atom stereocenters. The van der Waals surface area contributed by atoms with E-state index in [1.165, 1.54) is 18.2 Å². The Morgan fingerprint density at radius 3 is 2.53 bits per heavy atom. The molecule has 0 saturated carbocycles. The summed E-state index contributed by atoms with van der Waals surface area (Å²) in [5.41, 5.74) is 0.162. The summed E-state index contributed by atoms with van der Waals surface area (Å²) in [5, 5.41) is 8.95. The number of para-hydroxylation sites is 2. The molecule has 0 fully saturated rings. The number of nitrogens with zero attached hydrogens (tertiary/aromatic N) is 5. The molecule has 2 aromatic heterocycles. The van der Waals surface area contributed by atoms with Gasteiger partial charge in [0.2, 0.25) is 5.82 Å². The number of hydrogen-bond acceptors (Lipinski definition) is 6. The molecule has 0 saturated heterocycles. The average molecular weight is 461 g/mol. The summed E-state index contributed by atoms with van der Waals surface area (Å²) in [6, 6.07) is 12.3. The van der Waals surface area contributed by atoms with Gasteiger partial charge in [0.25, 0.3) is 0 Å². The highest BCUT2D eigenvalue weighted by atomic mass is 32.2. The van der Waals surface area contributed by atoms with Crippen molar-refractivity contribution in [2.45, 2.75) is 29.5 Å². The van der Waals surface area contributed by atoms with Crippen LogP contribution in [0.3, 0.4) is 0 Å². The Morgan fingerprint density at radius 2 is 1.78 bits per heavy atom. The summed E-state index contributed by atoms with van der Waals surface area (Å²) >= 11 is 0.920. The molecule has 0 amide bonds. The largest absolute Gasteiger partial charge is 0.483 e. The first-order valence-corrected chi connectivity index (χ1v) is 10.1. The Balaban J connectivity index is 1.68. The van der Waals surface area contributed by atoms with Crippen molar-refractivity contribution in [3.05, 3.63) is 78.7 Å². The second kappa shape index (κ2) is 8.95. The van der Waals surface area contributed by atoms with Crippen molar-refractivity contribution < 1.29 is 22.3 Å². The van der Waals surface area contributed by atoms with Crippen LogP contribution in [0.25, 0.3) is 10.9 Å². The molecule has 0 spiro atoms.